The molecule has 0 aliphatic heterocycles. The molecule has 1 unspecified atom stereocenters. The third-order valence-electron chi connectivity index (χ3n) is 3.25. The van der Waals surface area contributed by atoms with Crippen LogP contribution in [-0.2, 0) is 13.6 Å². The maximum atomic E-state index is 13.2. The minimum absolute atomic E-state index is 0.0300. The van der Waals surface area contributed by atoms with Crippen LogP contribution >= 0.6 is 0 Å². The van der Waals surface area contributed by atoms with Gasteiger partial charge in [0.05, 0.1) is 5.69 Å². The second kappa shape index (κ2) is 5.12. The fraction of sp³-hybridized carbons (Fsp3) is 0.750. The van der Waals surface area contributed by atoms with Gasteiger partial charge in [0.2, 0.25) is 5.92 Å². The van der Waals surface area contributed by atoms with Crippen molar-refractivity contribution in [3.8, 4) is 0 Å². The Morgan fingerprint density at radius 2 is 2.41 bits per heavy atom. The summed E-state index contributed by atoms with van der Waals surface area (Å²) < 4.78 is 28.1. The summed E-state index contributed by atoms with van der Waals surface area (Å²) in [5.41, 5.74) is 0.954. The van der Waals surface area contributed by atoms with Crippen LogP contribution in [0.1, 0.15) is 31.4 Å². The molecular formula is C12H19F2N3. The van der Waals surface area contributed by atoms with Crippen molar-refractivity contribution in [1.29, 1.82) is 0 Å². The van der Waals surface area contributed by atoms with Crippen molar-refractivity contribution in [2.24, 2.45) is 13.0 Å². The van der Waals surface area contributed by atoms with Crippen LogP contribution in [0.5, 0.6) is 0 Å². The van der Waals surface area contributed by atoms with E-state index in [2.05, 4.69) is 10.4 Å². The number of aromatic nitrogens is 2. The largest absolute Gasteiger partial charge is 0.311 e. The fourth-order valence-electron chi connectivity index (χ4n) is 2.41. The minimum Gasteiger partial charge on any atom is -0.311 e. The van der Waals surface area contributed by atoms with Crippen molar-refractivity contribution >= 4 is 0 Å². The highest BCUT2D eigenvalue weighted by atomic mass is 19.3. The van der Waals surface area contributed by atoms with E-state index in [0.29, 0.717) is 19.5 Å². The van der Waals surface area contributed by atoms with Crippen molar-refractivity contribution in [3.63, 3.8) is 0 Å². The molecule has 1 saturated carbocycles. The zero-order valence-corrected chi connectivity index (χ0v) is 10.1. The topological polar surface area (TPSA) is 29.9 Å². The molecule has 0 amide bonds. The van der Waals surface area contributed by atoms with Crippen molar-refractivity contribution in [1.82, 2.24) is 15.1 Å². The smallest absolute Gasteiger partial charge is 0.248 e. The van der Waals surface area contributed by atoms with Crippen LogP contribution in [0.2, 0.25) is 0 Å². The van der Waals surface area contributed by atoms with E-state index >= 15 is 0 Å². The zero-order chi connectivity index (χ0) is 12.3. The lowest BCUT2D eigenvalue weighted by molar-refractivity contribution is -0.0520. The Morgan fingerprint density at radius 1 is 1.59 bits per heavy atom. The van der Waals surface area contributed by atoms with Crippen LogP contribution in [0.25, 0.3) is 0 Å². The molecule has 1 aliphatic carbocycles. The Morgan fingerprint density at radius 3 is 3.06 bits per heavy atom. The number of rotatable bonds is 4. The van der Waals surface area contributed by atoms with Gasteiger partial charge in [0.15, 0.2) is 0 Å². The average Bonchev–Trinajstić information content (AvgIpc) is 2.63. The molecule has 1 atom stereocenters. The molecule has 96 valence electrons. The number of nitrogens with one attached hydrogen (secondary N) is 1. The summed E-state index contributed by atoms with van der Waals surface area (Å²) in [6, 6.07) is 1.93. The number of hydrogen-bond donors (Lipinski definition) is 1. The standard InChI is InChI=1S/C12H19F2N3/c1-17-6-4-11(16-17)9-15-8-10-3-2-5-12(13,14)7-10/h4,6,10,15H,2-3,5,7-9H2,1H3. The summed E-state index contributed by atoms with van der Waals surface area (Å²) in [6.45, 7) is 1.31. The van der Waals surface area contributed by atoms with Crippen LogP contribution in [0.3, 0.4) is 0 Å². The van der Waals surface area contributed by atoms with E-state index in [-0.39, 0.29) is 18.8 Å². The monoisotopic (exact) mass is 243 g/mol. The van der Waals surface area contributed by atoms with Crippen LogP contribution in [0.4, 0.5) is 8.78 Å². The van der Waals surface area contributed by atoms with Gasteiger partial charge in [-0.3, -0.25) is 4.68 Å². The van der Waals surface area contributed by atoms with Gasteiger partial charge in [-0.25, -0.2) is 8.78 Å². The second-order valence-electron chi connectivity index (χ2n) is 4.93. The number of aryl methyl sites for hydroxylation is 1. The fourth-order valence-corrected chi connectivity index (χ4v) is 2.41. The first-order chi connectivity index (χ1) is 8.05. The molecular weight excluding hydrogens is 224 g/mol. The molecule has 3 nitrogen and oxygen atoms in total. The molecule has 1 aliphatic rings. The third kappa shape index (κ3) is 3.77. The minimum atomic E-state index is -2.45. The summed E-state index contributed by atoms with van der Waals surface area (Å²) in [4.78, 5) is 0. The van der Waals surface area contributed by atoms with Crippen LogP contribution in [0.15, 0.2) is 12.3 Å². The Balaban J connectivity index is 1.71. The predicted molar refractivity (Wildman–Crippen MR) is 61.8 cm³/mol. The van der Waals surface area contributed by atoms with Crippen molar-refractivity contribution in [2.45, 2.75) is 38.2 Å². The van der Waals surface area contributed by atoms with E-state index in [0.717, 1.165) is 12.1 Å². The lowest BCUT2D eigenvalue weighted by atomic mass is 9.86. The Kier molecular flexibility index (Phi) is 3.76. The summed E-state index contributed by atoms with van der Waals surface area (Å²) in [7, 11) is 1.87. The van der Waals surface area contributed by atoms with Crippen molar-refractivity contribution < 1.29 is 8.78 Å². The number of alkyl halides is 2. The molecule has 2 rings (SSSR count). The molecule has 1 aromatic heterocycles. The maximum Gasteiger partial charge on any atom is 0.248 e. The number of nitrogens with zero attached hydrogens (tertiary/aromatic N) is 2. The summed E-state index contributed by atoms with van der Waals surface area (Å²) in [6.07, 6.45) is 3.52. The SMILES string of the molecule is Cn1ccc(CNCC2CCCC(F)(F)C2)n1. The van der Waals surface area contributed by atoms with Gasteiger partial charge in [-0.2, -0.15) is 5.10 Å². The lowest BCUT2D eigenvalue weighted by Gasteiger charge is -2.28. The zero-order valence-electron chi connectivity index (χ0n) is 10.1. The predicted octanol–water partition coefficient (Wildman–Crippen LogP) is 2.34. The van der Waals surface area contributed by atoms with Crippen molar-refractivity contribution in [3.05, 3.63) is 18.0 Å². The number of halogens is 2. The molecule has 0 spiro atoms. The molecule has 0 aromatic carbocycles. The first-order valence-electron chi connectivity index (χ1n) is 6.12. The van der Waals surface area contributed by atoms with Gasteiger partial charge in [-0.15, -0.1) is 0 Å². The highest BCUT2D eigenvalue weighted by molar-refractivity contribution is 4.98. The molecule has 1 heterocycles. The lowest BCUT2D eigenvalue weighted by Crippen LogP contribution is -2.32. The molecule has 17 heavy (non-hydrogen) atoms. The molecule has 0 saturated heterocycles. The van der Waals surface area contributed by atoms with Gasteiger partial charge in [-0.1, -0.05) is 0 Å². The highest BCUT2D eigenvalue weighted by Gasteiger charge is 2.35. The van der Waals surface area contributed by atoms with E-state index in [1.54, 1.807) is 4.68 Å². The average molecular weight is 243 g/mol. The summed E-state index contributed by atoms with van der Waals surface area (Å²) >= 11 is 0. The van der Waals surface area contributed by atoms with E-state index in [4.69, 9.17) is 0 Å². The van der Waals surface area contributed by atoms with Crippen LogP contribution in [0, 0.1) is 5.92 Å². The number of hydrogen-bond acceptors (Lipinski definition) is 2. The summed E-state index contributed by atoms with van der Waals surface area (Å²) in [5, 5.41) is 7.44. The van der Waals surface area contributed by atoms with E-state index in [9.17, 15) is 8.78 Å². The van der Waals surface area contributed by atoms with E-state index in [1.165, 1.54) is 0 Å². The van der Waals surface area contributed by atoms with Crippen LogP contribution < -0.4 is 5.32 Å². The van der Waals surface area contributed by atoms with Gasteiger partial charge in [-0.05, 0) is 31.4 Å². The van der Waals surface area contributed by atoms with Gasteiger partial charge in [0, 0.05) is 32.6 Å². The third-order valence-corrected chi connectivity index (χ3v) is 3.25. The van der Waals surface area contributed by atoms with Gasteiger partial charge in [0.25, 0.3) is 0 Å². The normalized spacial score (nSPS) is 23.8. The van der Waals surface area contributed by atoms with Gasteiger partial charge < -0.3 is 5.32 Å². The first-order valence-corrected chi connectivity index (χ1v) is 6.12. The van der Waals surface area contributed by atoms with E-state index < -0.39 is 5.92 Å². The molecule has 0 radical (unpaired) electrons. The van der Waals surface area contributed by atoms with Gasteiger partial charge >= 0.3 is 0 Å². The Bertz CT molecular complexity index is 362. The highest BCUT2D eigenvalue weighted by Crippen LogP contribution is 2.36. The Hall–Kier alpha value is -0.970. The quantitative estimate of drug-likeness (QED) is 0.879. The maximum absolute atomic E-state index is 13.2. The van der Waals surface area contributed by atoms with Crippen LogP contribution in [-0.4, -0.2) is 22.2 Å². The van der Waals surface area contributed by atoms with Crippen molar-refractivity contribution in [2.75, 3.05) is 6.54 Å². The molecule has 0 bridgehead atoms. The van der Waals surface area contributed by atoms with E-state index in [1.807, 2.05) is 19.3 Å². The first kappa shape index (κ1) is 12.5. The van der Waals surface area contributed by atoms with Gasteiger partial charge in [0.1, 0.15) is 0 Å². The molecule has 5 heteroatoms. The molecule has 1 aromatic rings. The Labute approximate surface area is 100 Å². The molecule has 1 N–H and O–H groups in total. The second-order valence-corrected chi connectivity index (χ2v) is 4.93. The summed E-state index contributed by atoms with van der Waals surface area (Å²) in [5.74, 6) is -2.35. The molecule has 1 fully saturated rings.